The molecule has 4 heterocycles. The van der Waals surface area contributed by atoms with E-state index in [4.69, 9.17) is 21.6 Å². The SMILES string of the molecule is Fc1cc2nc(-c3cnnc(Cl)c3)n(C3CC3)c2cc1F.Fc1ccc(-c2cc(-c3nc4cc(F)c(F)cc4n3C3CC3)cnn2)cc1.OB(O)c1ccc(F)cc1. The summed E-state index contributed by atoms with van der Waals surface area (Å²) in [5.41, 5.74) is 4.91. The summed E-state index contributed by atoms with van der Waals surface area (Å²) in [7, 11) is -1.51. The van der Waals surface area contributed by atoms with Gasteiger partial charge in [0, 0.05) is 53.0 Å². The van der Waals surface area contributed by atoms with Gasteiger partial charge < -0.3 is 19.2 Å². The summed E-state index contributed by atoms with van der Waals surface area (Å²) in [5, 5.41) is 33.0. The molecular formula is C40H28BClF6N8O2. The lowest BCUT2D eigenvalue weighted by Gasteiger charge is -2.08. The Morgan fingerprint density at radius 2 is 1.00 bits per heavy atom. The monoisotopic (exact) mass is 812 g/mol. The van der Waals surface area contributed by atoms with E-state index in [1.54, 1.807) is 36.7 Å². The van der Waals surface area contributed by atoms with Gasteiger partial charge in [0.05, 0.1) is 40.2 Å². The number of halogens is 7. The van der Waals surface area contributed by atoms with Crippen molar-refractivity contribution in [1.29, 1.82) is 0 Å². The third-order valence-corrected chi connectivity index (χ3v) is 9.58. The van der Waals surface area contributed by atoms with Crippen LogP contribution in [0.5, 0.6) is 0 Å². The second-order valence-electron chi connectivity index (χ2n) is 13.6. The molecule has 0 saturated heterocycles. The third-order valence-electron chi connectivity index (χ3n) is 9.39. The van der Waals surface area contributed by atoms with Crippen molar-refractivity contribution in [3.05, 3.63) is 137 Å². The number of hydrogen-bond acceptors (Lipinski definition) is 8. The average Bonchev–Trinajstić information content (AvgIpc) is 4.16. The molecule has 58 heavy (non-hydrogen) atoms. The van der Waals surface area contributed by atoms with E-state index in [1.165, 1.54) is 48.5 Å². The van der Waals surface area contributed by atoms with E-state index in [9.17, 15) is 26.3 Å². The summed E-state index contributed by atoms with van der Waals surface area (Å²) in [6, 6.07) is 19.5. The van der Waals surface area contributed by atoms with Crippen LogP contribution in [0.1, 0.15) is 37.8 Å². The van der Waals surface area contributed by atoms with Gasteiger partial charge in [-0.15, -0.1) is 5.10 Å². The Kier molecular flexibility index (Phi) is 10.7. The van der Waals surface area contributed by atoms with Crippen LogP contribution >= 0.6 is 11.6 Å². The first-order chi connectivity index (χ1) is 27.9. The maximum absolute atomic E-state index is 13.8. The molecule has 2 aliphatic carbocycles. The lowest BCUT2D eigenvalue weighted by Crippen LogP contribution is -2.29. The highest BCUT2D eigenvalue weighted by molar-refractivity contribution is 6.58. The number of aromatic nitrogens is 8. The smallest absolute Gasteiger partial charge is 0.423 e. The molecule has 0 radical (unpaired) electrons. The summed E-state index contributed by atoms with van der Waals surface area (Å²) >= 11 is 5.86. The third kappa shape index (κ3) is 8.28. The first-order valence-corrected chi connectivity index (χ1v) is 18.2. The molecule has 10 nitrogen and oxygen atoms in total. The first-order valence-electron chi connectivity index (χ1n) is 17.9. The lowest BCUT2D eigenvalue weighted by atomic mass is 9.80. The highest BCUT2D eigenvalue weighted by Gasteiger charge is 2.31. The summed E-state index contributed by atoms with van der Waals surface area (Å²) in [6.45, 7) is 0. The molecule has 0 spiro atoms. The maximum Gasteiger partial charge on any atom is 0.488 e. The van der Waals surface area contributed by atoms with Crippen molar-refractivity contribution in [2.24, 2.45) is 0 Å². The zero-order chi connectivity index (χ0) is 40.7. The van der Waals surface area contributed by atoms with Gasteiger partial charge in [-0.05, 0) is 79.7 Å². The fourth-order valence-corrected chi connectivity index (χ4v) is 6.50. The van der Waals surface area contributed by atoms with Crippen LogP contribution in [0.15, 0.2) is 97.3 Å². The molecule has 2 aliphatic rings. The number of benzene rings is 4. The predicted molar refractivity (Wildman–Crippen MR) is 205 cm³/mol. The van der Waals surface area contributed by atoms with Gasteiger partial charge in [0.15, 0.2) is 28.4 Å². The number of hydrogen-bond donors (Lipinski definition) is 2. The molecule has 4 aromatic carbocycles. The van der Waals surface area contributed by atoms with Gasteiger partial charge in [-0.3, -0.25) is 0 Å². The standard InChI is InChI=1S/C20H13F3N4.C14H9ClF2N4.C6H6BFO2/c21-13-3-1-11(2-4-13)17-7-12(10-24-26-17)20-25-18-8-15(22)16(23)9-19(18)27(20)14-5-6-14;15-13-3-7(6-18-20-13)14-19-11-4-9(16)10(17)5-12(11)21(14)8-1-2-8;8-6-3-1-5(2-4-6)7(9)10/h1-4,7-10,14H,5-6H2;3-6,8H,1-2H2;1-4,9-10H. The second-order valence-corrected chi connectivity index (χ2v) is 14.0. The number of fused-ring (bicyclic) bond motifs is 2. The van der Waals surface area contributed by atoms with Crippen molar-refractivity contribution in [3.8, 4) is 34.0 Å². The molecule has 2 saturated carbocycles. The minimum Gasteiger partial charge on any atom is -0.423 e. The van der Waals surface area contributed by atoms with Gasteiger partial charge in [-0.25, -0.2) is 36.3 Å². The first kappa shape index (κ1) is 38.7. The highest BCUT2D eigenvalue weighted by Crippen LogP contribution is 2.43. The van der Waals surface area contributed by atoms with Crippen LogP contribution in [0.3, 0.4) is 0 Å². The quantitative estimate of drug-likeness (QED) is 0.127. The van der Waals surface area contributed by atoms with E-state index in [1.807, 2.05) is 9.13 Å². The summed E-state index contributed by atoms with van der Waals surface area (Å²) < 4.78 is 83.6. The minimum atomic E-state index is -1.51. The van der Waals surface area contributed by atoms with Crippen LogP contribution in [-0.2, 0) is 0 Å². The van der Waals surface area contributed by atoms with Crippen molar-refractivity contribution in [3.63, 3.8) is 0 Å². The van der Waals surface area contributed by atoms with Gasteiger partial charge in [0.2, 0.25) is 0 Å². The molecule has 0 unspecified atom stereocenters. The van der Waals surface area contributed by atoms with Gasteiger partial charge in [-0.2, -0.15) is 15.3 Å². The van der Waals surface area contributed by atoms with Crippen LogP contribution in [0.4, 0.5) is 26.3 Å². The Labute approximate surface area is 330 Å². The predicted octanol–water partition coefficient (Wildman–Crippen LogP) is 8.18. The minimum absolute atomic E-state index is 0.206. The lowest BCUT2D eigenvalue weighted by molar-refractivity contribution is 0.425. The Bertz CT molecular complexity index is 2780. The molecule has 0 atom stereocenters. The van der Waals surface area contributed by atoms with Crippen molar-refractivity contribution in [2.75, 3.05) is 0 Å². The highest BCUT2D eigenvalue weighted by atomic mass is 35.5. The van der Waals surface area contributed by atoms with Crippen LogP contribution in [-0.4, -0.2) is 56.7 Å². The molecular weight excluding hydrogens is 785 g/mol. The van der Waals surface area contributed by atoms with Crippen LogP contribution in [0.25, 0.3) is 56.1 Å². The molecule has 2 fully saturated rings. The van der Waals surface area contributed by atoms with E-state index < -0.39 is 30.4 Å². The fraction of sp³-hybridized carbons (Fsp3) is 0.150. The fourth-order valence-electron chi connectivity index (χ4n) is 6.34. The summed E-state index contributed by atoms with van der Waals surface area (Å²) in [6.07, 6.45) is 7.01. The van der Waals surface area contributed by atoms with Gasteiger partial charge in [0.1, 0.15) is 23.3 Å². The Morgan fingerprint density at radius 1 is 0.552 bits per heavy atom. The molecule has 8 aromatic rings. The van der Waals surface area contributed by atoms with Crippen molar-refractivity contribution < 1.29 is 36.4 Å². The molecule has 0 amide bonds. The van der Waals surface area contributed by atoms with Crippen molar-refractivity contribution >= 4 is 46.2 Å². The molecule has 0 aliphatic heterocycles. The second kappa shape index (κ2) is 16.0. The Morgan fingerprint density at radius 3 is 1.47 bits per heavy atom. The molecule has 2 N–H and O–H groups in total. The molecule has 0 bridgehead atoms. The van der Waals surface area contributed by atoms with E-state index in [0.29, 0.717) is 56.0 Å². The Hall–Kier alpha value is -6.17. The largest absolute Gasteiger partial charge is 0.488 e. The van der Waals surface area contributed by atoms with Crippen LogP contribution in [0, 0.1) is 34.9 Å². The molecule has 292 valence electrons. The topological polar surface area (TPSA) is 128 Å². The number of rotatable bonds is 6. The molecule has 10 rings (SSSR count). The number of nitrogens with zero attached hydrogens (tertiary/aromatic N) is 8. The summed E-state index contributed by atoms with van der Waals surface area (Å²) in [5.74, 6) is -3.11. The molecule has 18 heteroatoms. The Balaban J connectivity index is 0.000000134. The van der Waals surface area contributed by atoms with Crippen LogP contribution < -0.4 is 5.46 Å². The zero-order valence-corrected chi connectivity index (χ0v) is 30.7. The van der Waals surface area contributed by atoms with Crippen molar-refractivity contribution in [2.45, 2.75) is 37.8 Å². The van der Waals surface area contributed by atoms with Gasteiger partial charge >= 0.3 is 7.12 Å². The van der Waals surface area contributed by atoms with E-state index in [2.05, 4.69) is 30.4 Å². The normalized spacial score (nSPS) is 13.5. The van der Waals surface area contributed by atoms with E-state index >= 15 is 0 Å². The molecule has 4 aromatic heterocycles. The van der Waals surface area contributed by atoms with Crippen molar-refractivity contribution in [1.82, 2.24) is 39.5 Å². The summed E-state index contributed by atoms with van der Waals surface area (Å²) in [4.78, 5) is 8.94. The van der Waals surface area contributed by atoms with Crippen LogP contribution in [0.2, 0.25) is 5.15 Å². The van der Waals surface area contributed by atoms with Gasteiger partial charge in [0.25, 0.3) is 0 Å². The van der Waals surface area contributed by atoms with E-state index in [0.717, 1.165) is 43.4 Å². The van der Waals surface area contributed by atoms with E-state index in [-0.39, 0.29) is 28.9 Å². The number of imidazole rings is 2. The zero-order valence-electron chi connectivity index (χ0n) is 29.9. The maximum atomic E-state index is 13.8. The average molecular weight is 813 g/mol. The van der Waals surface area contributed by atoms with Gasteiger partial charge in [-0.1, -0.05) is 23.7 Å².